The lowest BCUT2D eigenvalue weighted by molar-refractivity contribution is -0.121. The van der Waals surface area contributed by atoms with E-state index >= 15 is 0 Å². The Labute approximate surface area is 128 Å². The summed E-state index contributed by atoms with van der Waals surface area (Å²) in [5, 5.41) is 3.47. The van der Waals surface area contributed by atoms with Crippen LogP contribution in [0.1, 0.15) is 41.0 Å². The number of aromatic nitrogens is 1. The Morgan fingerprint density at radius 3 is 2.62 bits per heavy atom. The Hall–Kier alpha value is -1.43. The molecule has 1 heterocycles. The van der Waals surface area contributed by atoms with Crippen molar-refractivity contribution in [3.63, 3.8) is 0 Å². The number of rotatable bonds is 3. The van der Waals surface area contributed by atoms with Crippen molar-refractivity contribution in [1.82, 2.24) is 9.88 Å². The minimum atomic E-state index is -0.0644. The molecule has 3 atom stereocenters. The zero-order chi connectivity index (χ0) is 15.1. The quantitative estimate of drug-likeness (QED) is 0.933. The third kappa shape index (κ3) is 2.69. The fraction of sp³-hybridized carbons (Fsp3) is 0.667. The van der Waals surface area contributed by atoms with Crippen molar-refractivity contribution in [3.05, 3.63) is 10.6 Å². The fourth-order valence-corrected chi connectivity index (χ4v) is 4.61. The van der Waals surface area contributed by atoms with Crippen molar-refractivity contribution in [1.29, 1.82) is 0 Å². The highest BCUT2D eigenvalue weighted by molar-refractivity contribution is 7.17. The second-order valence-corrected chi connectivity index (χ2v) is 7.40. The first kappa shape index (κ1) is 14.5. The third-order valence-electron chi connectivity index (χ3n) is 4.70. The highest BCUT2D eigenvalue weighted by Gasteiger charge is 2.43. The van der Waals surface area contributed by atoms with Gasteiger partial charge in [0.1, 0.15) is 4.88 Å². The molecule has 0 aliphatic heterocycles. The van der Waals surface area contributed by atoms with Crippen LogP contribution >= 0.6 is 11.3 Å². The number of hydrogen-bond acceptors (Lipinski definition) is 4. The maximum Gasteiger partial charge on any atom is 0.265 e. The van der Waals surface area contributed by atoms with Gasteiger partial charge in [0.2, 0.25) is 5.91 Å². The summed E-state index contributed by atoms with van der Waals surface area (Å²) in [5.41, 5.74) is 0.682. The molecule has 3 rings (SSSR count). The molecule has 2 fully saturated rings. The largest absolute Gasteiger partial charge is 0.344 e. The van der Waals surface area contributed by atoms with E-state index in [1.807, 2.05) is 0 Å². The molecule has 0 spiro atoms. The van der Waals surface area contributed by atoms with Gasteiger partial charge in [-0.25, -0.2) is 4.98 Å². The topological polar surface area (TPSA) is 62.3 Å². The Bertz CT molecular complexity index is 581. The van der Waals surface area contributed by atoms with Crippen molar-refractivity contribution in [2.45, 2.75) is 32.6 Å². The number of nitrogens with zero attached hydrogens (tertiary/aromatic N) is 2. The van der Waals surface area contributed by atoms with Gasteiger partial charge in [-0.3, -0.25) is 9.59 Å². The maximum atomic E-state index is 12.4. The first-order chi connectivity index (χ1) is 9.95. The van der Waals surface area contributed by atoms with Gasteiger partial charge in [-0.15, -0.1) is 0 Å². The molecule has 2 aliphatic carbocycles. The summed E-state index contributed by atoms with van der Waals surface area (Å²) >= 11 is 1.27. The zero-order valence-corrected chi connectivity index (χ0v) is 13.5. The van der Waals surface area contributed by atoms with Gasteiger partial charge >= 0.3 is 0 Å². The number of anilines is 1. The summed E-state index contributed by atoms with van der Waals surface area (Å²) < 4.78 is 0. The molecule has 6 heteroatoms. The van der Waals surface area contributed by atoms with E-state index in [9.17, 15) is 9.59 Å². The molecule has 5 nitrogen and oxygen atoms in total. The predicted molar refractivity (Wildman–Crippen MR) is 82.4 cm³/mol. The summed E-state index contributed by atoms with van der Waals surface area (Å²) in [6, 6.07) is 0. The molecule has 1 N–H and O–H groups in total. The van der Waals surface area contributed by atoms with Crippen LogP contribution in [-0.2, 0) is 4.79 Å². The molecule has 1 aromatic rings. The van der Waals surface area contributed by atoms with E-state index in [1.54, 1.807) is 21.0 Å². The number of nitrogens with one attached hydrogen (secondary N) is 1. The molecule has 114 valence electrons. The van der Waals surface area contributed by atoms with Crippen LogP contribution in [0.4, 0.5) is 5.13 Å². The Morgan fingerprint density at radius 1 is 1.29 bits per heavy atom. The Morgan fingerprint density at radius 2 is 2.05 bits per heavy atom. The predicted octanol–water partition coefficient (Wildman–Crippen LogP) is 2.53. The SMILES string of the molecule is Cc1nc(NC(=O)C2CC3CCC2C3)sc1C(=O)N(C)C. The smallest absolute Gasteiger partial charge is 0.265 e. The molecular weight excluding hydrogens is 286 g/mol. The minimum absolute atomic E-state index is 0.0644. The van der Waals surface area contributed by atoms with Crippen molar-refractivity contribution >= 4 is 28.3 Å². The number of aryl methyl sites for hydroxylation is 1. The van der Waals surface area contributed by atoms with Crippen LogP contribution in [-0.4, -0.2) is 35.8 Å². The summed E-state index contributed by atoms with van der Waals surface area (Å²) in [6.07, 6.45) is 4.69. The average molecular weight is 307 g/mol. The second-order valence-electron chi connectivity index (χ2n) is 6.40. The van der Waals surface area contributed by atoms with Crippen LogP contribution < -0.4 is 5.32 Å². The molecule has 2 saturated carbocycles. The first-order valence-corrected chi connectivity index (χ1v) is 8.27. The van der Waals surface area contributed by atoms with Crippen LogP contribution in [0.3, 0.4) is 0 Å². The van der Waals surface area contributed by atoms with Gasteiger partial charge in [-0.2, -0.15) is 0 Å². The molecule has 1 aromatic heterocycles. The number of thiazole rings is 1. The van der Waals surface area contributed by atoms with Crippen LogP contribution in [0.5, 0.6) is 0 Å². The van der Waals surface area contributed by atoms with Gasteiger partial charge in [0.15, 0.2) is 5.13 Å². The van der Waals surface area contributed by atoms with Gasteiger partial charge in [-0.05, 0) is 38.0 Å². The lowest BCUT2D eigenvalue weighted by Crippen LogP contribution is -2.27. The van der Waals surface area contributed by atoms with E-state index in [1.165, 1.54) is 35.5 Å². The van der Waals surface area contributed by atoms with E-state index in [-0.39, 0.29) is 17.7 Å². The minimum Gasteiger partial charge on any atom is -0.344 e. The van der Waals surface area contributed by atoms with Crippen molar-refractivity contribution in [2.24, 2.45) is 17.8 Å². The van der Waals surface area contributed by atoms with E-state index in [4.69, 9.17) is 0 Å². The molecule has 21 heavy (non-hydrogen) atoms. The number of hydrogen-bond donors (Lipinski definition) is 1. The number of carbonyl (C=O) groups excluding carboxylic acids is 2. The fourth-order valence-electron chi connectivity index (χ4n) is 3.62. The van der Waals surface area contributed by atoms with Gasteiger partial charge in [0.25, 0.3) is 5.91 Å². The standard InChI is InChI=1S/C15H21N3O2S/c1-8-12(14(20)18(2)3)21-15(16-8)17-13(19)11-7-9-4-5-10(11)6-9/h9-11H,4-7H2,1-3H3,(H,16,17,19). The maximum absolute atomic E-state index is 12.4. The summed E-state index contributed by atoms with van der Waals surface area (Å²) in [4.78, 5) is 30.9. The zero-order valence-electron chi connectivity index (χ0n) is 12.7. The molecule has 0 radical (unpaired) electrons. The summed E-state index contributed by atoms with van der Waals surface area (Å²) in [5.74, 6) is 1.46. The van der Waals surface area contributed by atoms with Gasteiger partial charge in [0, 0.05) is 20.0 Å². The first-order valence-electron chi connectivity index (χ1n) is 7.45. The van der Waals surface area contributed by atoms with Gasteiger partial charge < -0.3 is 10.2 Å². The number of fused-ring (bicyclic) bond motifs is 2. The summed E-state index contributed by atoms with van der Waals surface area (Å²) in [6.45, 7) is 1.81. The van der Waals surface area contributed by atoms with E-state index in [2.05, 4.69) is 10.3 Å². The van der Waals surface area contributed by atoms with Gasteiger partial charge in [-0.1, -0.05) is 17.8 Å². The number of carbonyl (C=O) groups is 2. The number of amides is 2. The molecule has 0 aromatic carbocycles. The van der Waals surface area contributed by atoms with Gasteiger partial charge in [0.05, 0.1) is 5.69 Å². The monoisotopic (exact) mass is 307 g/mol. The molecule has 2 amide bonds. The van der Waals surface area contributed by atoms with Crippen molar-refractivity contribution in [3.8, 4) is 0 Å². The van der Waals surface area contributed by atoms with Crippen LogP contribution in [0.2, 0.25) is 0 Å². The summed E-state index contributed by atoms with van der Waals surface area (Å²) in [7, 11) is 3.43. The normalized spacial score (nSPS) is 26.9. The van der Waals surface area contributed by atoms with Crippen LogP contribution in [0, 0.1) is 24.7 Å². The molecular formula is C15H21N3O2S. The lowest BCUT2D eigenvalue weighted by Gasteiger charge is -2.19. The third-order valence-corrected chi connectivity index (χ3v) is 5.76. The van der Waals surface area contributed by atoms with E-state index in [0.717, 1.165) is 12.3 Å². The molecule has 3 unspecified atom stereocenters. The Kier molecular flexibility index (Phi) is 3.73. The molecule has 2 bridgehead atoms. The molecule has 2 aliphatic rings. The second kappa shape index (κ2) is 5.40. The van der Waals surface area contributed by atoms with Crippen molar-refractivity contribution < 1.29 is 9.59 Å². The van der Waals surface area contributed by atoms with E-state index in [0.29, 0.717) is 21.6 Å². The molecule has 0 saturated heterocycles. The highest BCUT2D eigenvalue weighted by atomic mass is 32.1. The van der Waals surface area contributed by atoms with Crippen LogP contribution in [0.15, 0.2) is 0 Å². The highest BCUT2D eigenvalue weighted by Crippen LogP contribution is 2.48. The lowest BCUT2D eigenvalue weighted by atomic mass is 9.88. The Balaban J connectivity index is 1.69. The van der Waals surface area contributed by atoms with Crippen molar-refractivity contribution in [2.75, 3.05) is 19.4 Å². The van der Waals surface area contributed by atoms with E-state index < -0.39 is 0 Å². The average Bonchev–Trinajstić information content (AvgIpc) is 3.12. The van der Waals surface area contributed by atoms with Crippen LogP contribution in [0.25, 0.3) is 0 Å².